The molecule has 0 aliphatic carbocycles. The Kier molecular flexibility index (Phi) is 5.55. The number of rotatable bonds is 6. The molecular weight excluding hydrogens is 302 g/mol. The van der Waals surface area contributed by atoms with Gasteiger partial charge < -0.3 is 15.2 Å². The Morgan fingerprint density at radius 2 is 2.14 bits per heavy atom. The third-order valence-electron chi connectivity index (χ3n) is 2.98. The Hall–Kier alpha value is -2.34. The summed E-state index contributed by atoms with van der Waals surface area (Å²) >= 11 is 1.63. The maximum Gasteiger partial charge on any atom is 0.342 e. The van der Waals surface area contributed by atoms with E-state index in [4.69, 9.17) is 4.74 Å². The van der Waals surface area contributed by atoms with Crippen molar-refractivity contribution >= 4 is 23.2 Å². The first-order valence-electron chi connectivity index (χ1n) is 6.82. The van der Waals surface area contributed by atoms with Crippen LogP contribution in [-0.2, 0) is 16.0 Å². The van der Waals surface area contributed by atoms with E-state index in [0.717, 1.165) is 12.0 Å². The average Bonchev–Trinajstić information content (AvgIpc) is 2.98. The fraction of sp³-hybridized carbons (Fsp3) is 0.250. The summed E-state index contributed by atoms with van der Waals surface area (Å²) in [4.78, 5) is 24.6. The van der Waals surface area contributed by atoms with Gasteiger partial charge in [0.05, 0.1) is 0 Å². The Labute approximate surface area is 132 Å². The van der Waals surface area contributed by atoms with Crippen molar-refractivity contribution in [3.8, 4) is 5.75 Å². The summed E-state index contributed by atoms with van der Waals surface area (Å²) in [6.45, 7) is 1.93. The number of benzene rings is 1. The largest absolute Gasteiger partial charge is 0.507 e. The second-order valence-corrected chi connectivity index (χ2v) is 5.81. The van der Waals surface area contributed by atoms with Gasteiger partial charge in [0.2, 0.25) is 0 Å². The molecule has 0 bridgehead atoms. The topological polar surface area (TPSA) is 75.6 Å². The summed E-state index contributed by atoms with van der Waals surface area (Å²) in [5.74, 6) is -1.23. The lowest BCUT2D eigenvalue weighted by atomic mass is 10.1. The van der Waals surface area contributed by atoms with Crippen LogP contribution in [0.3, 0.4) is 0 Å². The van der Waals surface area contributed by atoms with Gasteiger partial charge in [0.15, 0.2) is 6.61 Å². The summed E-state index contributed by atoms with van der Waals surface area (Å²) in [5.41, 5.74) is 0.886. The molecule has 1 amide bonds. The predicted octanol–water partition coefficient (Wildman–Crippen LogP) is 2.28. The quantitative estimate of drug-likeness (QED) is 0.801. The maximum absolute atomic E-state index is 11.8. The zero-order valence-corrected chi connectivity index (χ0v) is 13.0. The van der Waals surface area contributed by atoms with E-state index in [-0.39, 0.29) is 23.8 Å². The summed E-state index contributed by atoms with van der Waals surface area (Å²) < 4.78 is 4.89. The molecule has 0 saturated carbocycles. The molecule has 0 spiro atoms. The number of esters is 1. The van der Waals surface area contributed by atoms with Gasteiger partial charge >= 0.3 is 5.97 Å². The van der Waals surface area contributed by atoms with Crippen LogP contribution in [0.15, 0.2) is 35.7 Å². The van der Waals surface area contributed by atoms with E-state index in [1.807, 2.05) is 17.5 Å². The molecule has 0 radical (unpaired) electrons. The van der Waals surface area contributed by atoms with Gasteiger partial charge in [-0.15, -0.1) is 11.3 Å². The van der Waals surface area contributed by atoms with Crippen molar-refractivity contribution in [1.82, 2.24) is 5.32 Å². The highest BCUT2D eigenvalue weighted by molar-refractivity contribution is 7.09. The van der Waals surface area contributed by atoms with Crippen molar-refractivity contribution in [3.05, 3.63) is 51.7 Å². The van der Waals surface area contributed by atoms with Crippen LogP contribution in [0, 0.1) is 6.92 Å². The van der Waals surface area contributed by atoms with Gasteiger partial charge in [0, 0.05) is 11.4 Å². The Bertz CT molecular complexity index is 652. The zero-order chi connectivity index (χ0) is 15.9. The maximum atomic E-state index is 11.8. The highest BCUT2D eigenvalue weighted by Crippen LogP contribution is 2.19. The van der Waals surface area contributed by atoms with E-state index >= 15 is 0 Å². The molecule has 2 aromatic rings. The number of nitrogens with one attached hydrogen (secondary N) is 1. The first-order chi connectivity index (χ1) is 10.6. The molecule has 1 heterocycles. The molecule has 6 heteroatoms. The molecule has 5 nitrogen and oxygen atoms in total. The van der Waals surface area contributed by atoms with Gasteiger partial charge in [-0.3, -0.25) is 4.79 Å². The molecule has 0 atom stereocenters. The molecule has 2 rings (SSSR count). The lowest BCUT2D eigenvalue weighted by molar-refractivity contribution is -0.124. The van der Waals surface area contributed by atoms with Crippen molar-refractivity contribution in [2.24, 2.45) is 0 Å². The number of carbonyl (C=O) groups excluding carboxylic acids is 2. The first-order valence-corrected chi connectivity index (χ1v) is 7.70. The van der Waals surface area contributed by atoms with Gasteiger partial charge in [-0.1, -0.05) is 12.1 Å². The Morgan fingerprint density at radius 3 is 2.82 bits per heavy atom. The fourth-order valence-corrected chi connectivity index (χ4v) is 2.56. The van der Waals surface area contributed by atoms with E-state index in [2.05, 4.69) is 5.32 Å². The minimum absolute atomic E-state index is 0.0528. The standard InChI is InChI=1S/C16H17NO4S/c1-11-4-5-13(14(18)9-11)16(20)21-10-15(19)17-7-6-12-3-2-8-22-12/h2-5,8-9,18H,6-7,10H2,1H3,(H,17,19). The number of thiophene rings is 1. The van der Waals surface area contributed by atoms with Crippen molar-refractivity contribution in [2.45, 2.75) is 13.3 Å². The number of phenolic OH excluding ortho intramolecular Hbond substituents is 1. The van der Waals surface area contributed by atoms with Crippen LogP contribution in [0.25, 0.3) is 0 Å². The lowest BCUT2D eigenvalue weighted by Gasteiger charge is -2.07. The predicted molar refractivity (Wildman–Crippen MR) is 84.2 cm³/mol. The summed E-state index contributed by atoms with van der Waals surface area (Å²) in [7, 11) is 0. The van der Waals surface area contributed by atoms with Crippen LogP contribution in [0.1, 0.15) is 20.8 Å². The number of aromatic hydroxyl groups is 1. The summed E-state index contributed by atoms with van der Waals surface area (Å²) in [6, 6.07) is 8.59. The van der Waals surface area contributed by atoms with Crippen molar-refractivity contribution in [3.63, 3.8) is 0 Å². The average molecular weight is 319 g/mol. The Balaban J connectivity index is 1.74. The molecule has 116 valence electrons. The van der Waals surface area contributed by atoms with E-state index in [0.29, 0.717) is 6.54 Å². The van der Waals surface area contributed by atoms with Crippen LogP contribution in [0.4, 0.5) is 0 Å². The fourth-order valence-electron chi connectivity index (χ4n) is 1.85. The van der Waals surface area contributed by atoms with Gasteiger partial charge in [-0.05, 0) is 42.5 Å². The third-order valence-corrected chi connectivity index (χ3v) is 3.92. The van der Waals surface area contributed by atoms with Crippen molar-refractivity contribution in [1.29, 1.82) is 0 Å². The zero-order valence-electron chi connectivity index (χ0n) is 12.2. The van der Waals surface area contributed by atoms with Crippen LogP contribution >= 0.6 is 11.3 Å². The molecule has 1 aromatic heterocycles. The monoisotopic (exact) mass is 319 g/mol. The van der Waals surface area contributed by atoms with Gasteiger partial charge in [0.1, 0.15) is 11.3 Å². The highest BCUT2D eigenvalue weighted by Gasteiger charge is 2.14. The number of amides is 1. The number of hydrogen-bond acceptors (Lipinski definition) is 5. The van der Waals surface area contributed by atoms with Crippen LogP contribution in [-0.4, -0.2) is 30.1 Å². The Morgan fingerprint density at radius 1 is 1.32 bits per heavy atom. The van der Waals surface area contributed by atoms with Gasteiger partial charge in [-0.25, -0.2) is 4.79 Å². The molecule has 2 N–H and O–H groups in total. The van der Waals surface area contributed by atoms with Crippen LogP contribution < -0.4 is 5.32 Å². The van der Waals surface area contributed by atoms with E-state index in [9.17, 15) is 14.7 Å². The number of hydrogen-bond donors (Lipinski definition) is 2. The molecule has 0 aliphatic heterocycles. The minimum atomic E-state index is -0.717. The lowest BCUT2D eigenvalue weighted by Crippen LogP contribution is -2.30. The molecule has 22 heavy (non-hydrogen) atoms. The van der Waals surface area contributed by atoms with Crippen molar-refractivity contribution in [2.75, 3.05) is 13.2 Å². The van der Waals surface area contributed by atoms with Crippen LogP contribution in [0.5, 0.6) is 5.75 Å². The third kappa shape index (κ3) is 4.60. The molecular formula is C16H17NO4S. The van der Waals surface area contributed by atoms with E-state index in [1.165, 1.54) is 17.0 Å². The smallest absolute Gasteiger partial charge is 0.342 e. The molecule has 0 aliphatic rings. The number of phenols is 1. The molecule has 0 saturated heterocycles. The number of carbonyl (C=O) groups is 2. The molecule has 0 fully saturated rings. The number of aryl methyl sites for hydroxylation is 1. The van der Waals surface area contributed by atoms with E-state index in [1.54, 1.807) is 24.3 Å². The molecule has 0 unspecified atom stereocenters. The number of ether oxygens (including phenoxy) is 1. The van der Waals surface area contributed by atoms with Gasteiger partial charge in [0.25, 0.3) is 5.91 Å². The normalized spacial score (nSPS) is 10.2. The molecule has 1 aromatic carbocycles. The van der Waals surface area contributed by atoms with Crippen molar-refractivity contribution < 1.29 is 19.4 Å². The van der Waals surface area contributed by atoms with E-state index < -0.39 is 5.97 Å². The highest BCUT2D eigenvalue weighted by atomic mass is 32.1. The second kappa shape index (κ2) is 7.61. The summed E-state index contributed by atoms with van der Waals surface area (Å²) in [5, 5.41) is 14.3. The minimum Gasteiger partial charge on any atom is -0.507 e. The summed E-state index contributed by atoms with van der Waals surface area (Å²) in [6.07, 6.45) is 0.746. The van der Waals surface area contributed by atoms with Crippen LogP contribution in [0.2, 0.25) is 0 Å². The van der Waals surface area contributed by atoms with Gasteiger partial charge in [-0.2, -0.15) is 0 Å². The second-order valence-electron chi connectivity index (χ2n) is 4.78. The SMILES string of the molecule is Cc1ccc(C(=O)OCC(=O)NCCc2cccs2)c(O)c1. The first kappa shape index (κ1) is 16.0.